The van der Waals surface area contributed by atoms with E-state index >= 15 is 0 Å². The highest BCUT2D eigenvalue weighted by Gasteiger charge is 2.16. The zero-order chi connectivity index (χ0) is 14.8. The summed E-state index contributed by atoms with van der Waals surface area (Å²) in [5.41, 5.74) is 7.03. The minimum atomic E-state index is -0.585. The number of H-pyrrole nitrogens is 1. The zero-order valence-electron chi connectivity index (χ0n) is 10.9. The Labute approximate surface area is 119 Å². The fourth-order valence-electron chi connectivity index (χ4n) is 2.00. The van der Waals surface area contributed by atoms with Crippen LogP contribution in [0.4, 0.5) is 8.78 Å². The molecule has 0 radical (unpaired) electrons. The van der Waals surface area contributed by atoms with E-state index in [1.54, 1.807) is 30.3 Å². The number of aromatic nitrogens is 3. The van der Waals surface area contributed by atoms with Gasteiger partial charge in [-0.1, -0.05) is 24.3 Å². The summed E-state index contributed by atoms with van der Waals surface area (Å²) in [5.74, 6) is -0.116. The summed E-state index contributed by atoms with van der Waals surface area (Å²) >= 11 is 0. The minimum Gasteiger partial charge on any atom is -0.318 e. The van der Waals surface area contributed by atoms with Crippen LogP contribution in [0, 0.1) is 11.6 Å². The monoisotopic (exact) mass is 286 g/mol. The number of rotatable bonds is 3. The summed E-state index contributed by atoms with van der Waals surface area (Å²) < 4.78 is 26.6. The highest BCUT2D eigenvalue weighted by molar-refractivity contribution is 5.55. The molecule has 0 aliphatic rings. The van der Waals surface area contributed by atoms with Crippen molar-refractivity contribution in [1.29, 1.82) is 0 Å². The van der Waals surface area contributed by atoms with Crippen LogP contribution in [0.1, 0.15) is 17.4 Å². The molecule has 1 heterocycles. The van der Waals surface area contributed by atoms with Gasteiger partial charge >= 0.3 is 0 Å². The summed E-state index contributed by atoms with van der Waals surface area (Å²) in [6, 6.07) is 11.4. The lowest BCUT2D eigenvalue weighted by Gasteiger charge is -2.07. The normalized spacial score (nSPS) is 12.3. The summed E-state index contributed by atoms with van der Waals surface area (Å²) in [5, 5.41) is 6.68. The quantitative estimate of drug-likeness (QED) is 0.778. The Morgan fingerprint density at radius 1 is 1.00 bits per heavy atom. The second-order valence-corrected chi connectivity index (χ2v) is 4.55. The predicted molar refractivity (Wildman–Crippen MR) is 74.2 cm³/mol. The van der Waals surface area contributed by atoms with Crippen LogP contribution in [-0.4, -0.2) is 15.2 Å². The topological polar surface area (TPSA) is 67.6 Å². The number of aromatic amines is 1. The van der Waals surface area contributed by atoms with E-state index in [0.29, 0.717) is 17.0 Å². The van der Waals surface area contributed by atoms with Crippen molar-refractivity contribution in [1.82, 2.24) is 15.2 Å². The molecule has 1 aromatic heterocycles. The smallest absolute Gasteiger partial charge is 0.184 e. The largest absolute Gasteiger partial charge is 0.318 e. The molecule has 2 aromatic carbocycles. The first kappa shape index (κ1) is 13.4. The second-order valence-electron chi connectivity index (χ2n) is 4.55. The first-order chi connectivity index (χ1) is 10.1. The van der Waals surface area contributed by atoms with Crippen LogP contribution in [0.15, 0.2) is 48.5 Å². The fraction of sp³-hybridized carbons (Fsp3) is 0.0667. The molecule has 0 amide bonds. The van der Waals surface area contributed by atoms with Crippen LogP contribution in [0.3, 0.4) is 0 Å². The van der Waals surface area contributed by atoms with Gasteiger partial charge in [-0.25, -0.2) is 13.8 Å². The van der Waals surface area contributed by atoms with Crippen molar-refractivity contribution in [3.8, 4) is 11.4 Å². The molecule has 0 spiro atoms. The van der Waals surface area contributed by atoms with Crippen LogP contribution < -0.4 is 5.73 Å². The van der Waals surface area contributed by atoms with Gasteiger partial charge in [0.15, 0.2) is 5.82 Å². The van der Waals surface area contributed by atoms with E-state index < -0.39 is 11.9 Å². The third-order valence-electron chi connectivity index (χ3n) is 3.14. The summed E-state index contributed by atoms with van der Waals surface area (Å²) in [4.78, 5) is 4.21. The maximum absolute atomic E-state index is 13.7. The number of nitrogens with one attached hydrogen (secondary N) is 1. The van der Waals surface area contributed by atoms with E-state index in [-0.39, 0.29) is 11.6 Å². The SMILES string of the molecule is NC(c1ccc(F)cc1)c1nc(-c2ccccc2F)n[nH]1. The van der Waals surface area contributed by atoms with Gasteiger partial charge in [-0.2, -0.15) is 5.10 Å². The van der Waals surface area contributed by atoms with Gasteiger partial charge in [-0.3, -0.25) is 5.10 Å². The number of hydrogen-bond acceptors (Lipinski definition) is 3. The van der Waals surface area contributed by atoms with E-state index in [1.807, 2.05) is 0 Å². The molecule has 0 saturated heterocycles. The molecular weight excluding hydrogens is 274 g/mol. The maximum atomic E-state index is 13.7. The van der Waals surface area contributed by atoms with Gasteiger partial charge in [0.2, 0.25) is 0 Å². The van der Waals surface area contributed by atoms with Crippen molar-refractivity contribution in [2.45, 2.75) is 6.04 Å². The van der Waals surface area contributed by atoms with Crippen molar-refractivity contribution in [2.24, 2.45) is 5.73 Å². The van der Waals surface area contributed by atoms with E-state index in [1.165, 1.54) is 18.2 Å². The number of hydrogen-bond donors (Lipinski definition) is 2. The molecule has 1 atom stereocenters. The van der Waals surface area contributed by atoms with Crippen molar-refractivity contribution in [3.05, 3.63) is 71.6 Å². The Bertz CT molecular complexity index is 752. The summed E-state index contributed by atoms with van der Waals surface area (Å²) in [6.45, 7) is 0. The first-order valence-corrected chi connectivity index (χ1v) is 6.33. The maximum Gasteiger partial charge on any atom is 0.184 e. The Morgan fingerprint density at radius 3 is 2.43 bits per heavy atom. The third kappa shape index (κ3) is 2.66. The average molecular weight is 286 g/mol. The molecule has 21 heavy (non-hydrogen) atoms. The standard InChI is InChI=1S/C15H12F2N4/c16-10-7-5-9(6-8-10)13(18)15-19-14(20-21-15)11-3-1-2-4-12(11)17/h1-8,13H,18H2,(H,19,20,21). The van der Waals surface area contributed by atoms with Crippen LogP contribution in [0.5, 0.6) is 0 Å². The number of nitrogens with two attached hydrogens (primary N) is 1. The molecule has 106 valence electrons. The third-order valence-corrected chi connectivity index (χ3v) is 3.14. The lowest BCUT2D eigenvalue weighted by Crippen LogP contribution is -2.13. The van der Waals surface area contributed by atoms with E-state index in [0.717, 1.165) is 0 Å². The summed E-state index contributed by atoms with van der Waals surface area (Å²) in [7, 11) is 0. The molecule has 3 N–H and O–H groups in total. The van der Waals surface area contributed by atoms with Crippen LogP contribution in [-0.2, 0) is 0 Å². The summed E-state index contributed by atoms with van der Waals surface area (Å²) in [6.07, 6.45) is 0. The number of halogens is 2. The van der Waals surface area contributed by atoms with E-state index in [2.05, 4.69) is 15.2 Å². The van der Waals surface area contributed by atoms with Crippen LogP contribution in [0.2, 0.25) is 0 Å². The highest BCUT2D eigenvalue weighted by Crippen LogP contribution is 2.22. The Morgan fingerprint density at radius 2 is 1.71 bits per heavy atom. The van der Waals surface area contributed by atoms with Crippen molar-refractivity contribution in [2.75, 3.05) is 0 Å². The van der Waals surface area contributed by atoms with Gasteiger partial charge in [-0.05, 0) is 29.8 Å². The molecular formula is C15H12F2N4. The predicted octanol–water partition coefficient (Wildman–Crippen LogP) is 2.80. The molecule has 3 rings (SSSR count). The molecule has 0 aliphatic carbocycles. The van der Waals surface area contributed by atoms with Gasteiger partial charge < -0.3 is 5.73 Å². The molecule has 6 heteroatoms. The fourth-order valence-corrected chi connectivity index (χ4v) is 2.00. The lowest BCUT2D eigenvalue weighted by atomic mass is 10.1. The lowest BCUT2D eigenvalue weighted by molar-refractivity contribution is 0.626. The molecule has 0 aliphatic heterocycles. The Kier molecular flexibility index (Phi) is 3.45. The highest BCUT2D eigenvalue weighted by atomic mass is 19.1. The van der Waals surface area contributed by atoms with E-state index in [9.17, 15) is 8.78 Å². The van der Waals surface area contributed by atoms with Crippen molar-refractivity contribution >= 4 is 0 Å². The average Bonchev–Trinajstić information content (AvgIpc) is 2.97. The Hall–Kier alpha value is -2.60. The molecule has 4 nitrogen and oxygen atoms in total. The number of benzene rings is 2. The second kappa shape index (κ2) is 5.41. The molecule has 0 fully saturated rings. The number of nitrogens with zero attached hydrogens (tertiary/aromatic N) is 2. The van der Waals surface area contributed by atoms with Crippen molar-refractivity contribution < 1.29 is 8.78 Å². The van der Waals surface area contributed by atoms with Crippen LogP contribution in [0.25, 0.3) is 11.4 Å². The molecule has 0 saturated carbocycles. The Balaban J connectivity index is 1.91. The molecule has 1 unspecified atom stereocenters. The van der Waals surface area contributed by atoms with Gasteiger partial charge in [-0.15, -0.1) is 0 Å². The van der Waals surface area contributed by atoms with Crippen LogP contribution >= 0.6 is 0 Å². The van der Waals surface area contributed by atoms with Gasteiger partial charge in [0.05, 0.1) is 11.6 Å². The molecule has 3 aromatic rings. The molecule has 0 bridgehead atoms. The first-order valence-electron chi connectivity index (χ1n) is 6.33. The zero-order valence-corrected chi connectivity index (χ0v) is 10.9. The van der Waals surface area contributed by atoms with Gasteiger partial charge in [0.1, 0.15) is 17.5 Å². The van der Waals surface area contributed by atoms with Gasteiger partial charge in [0, 0.05) is 0 Å². The van der Waals surface area contributed by atoms with Crippen molar-refractivity contribution in [3.63, 3.8) is 0 Å². The van der Waals surface area contributed by atoms with Gasteiger partial charge in [0.25, 0.3) is 0 Å². The van der Waals surface area contributed by atoms with E-state index in [4.69, 9.17) is 5.73 Å². The minimum absolute atomic E-state index is 0.237.